The smallest absolute Gasteiger partial charge is 0.334 e. The number of hydrogen-bond acceptors (Lipinski definition) is 10. The number of ketones is 1. The molecule has 9 rings (SSSR count). The summed E-state index contributed by atoms with van der Waals surface area (Å²) < 4.78 is 20.2. The van der Waals surface area contributed by atoms with Crippen molar-refractivity contribution in [2.75, 3.05) is 19.3 Å². The molecule has 5 heterocycles. The molecule has 54 heavy (non-hydrogen) atoms. The Morgan fingerprint density at radius 2 is 1.98 bits per heavy atom. The van der Waals surface area contributed by atoms with Crippen LogP contribution in [0.25, 0.3) is 0 Å². The summed E-state index contributed by atoms with van der Waals surface area (Å²) in [4.78, 5) is 56.7. The summed E-state index contributed by atoms with van der Waals surface area (Å²) in [5.41, 5.74) is 6.89. The number of amides is 1. The molecule has 294 valence electrons. The molecule has 9 aliphatic rings. The number of hydrogen-bond donors (Lipinski definition) is 3. The lowest BCUT2D eigenvalue weighted by Gasteiger charge is -2.61. The van der Waals surface area contributed by atoms with E-state index >= 15 is 0 Å². The van der Waals surface area contributed by atoms with Crippen LogP contribution in [0, 0.1) is 41.4 Å². The van der Waals surface area contributed by atoms with Gasteiger partial charge >= 0.3 is 11.9 Å². The van der Waals surface area contributed by atoms with Crippen LogP contribution in [0.1, 0.15) is 78.6 Å². The summed E-state index contributed by atoms with van der Waals surface area (Å²) in [6.07, 6.45) is 13.6. The van der Waals surface area contributed by atoms with Crippen molar-refractivity contribution >= 4 is 45.2 Å². The Balaban J connectivity index is 1.13. The molecule has 0 aromatic heterocycles. The summed E-state index contributed by atoms with van der Waals surface area (Å²) in [5, 5.41) is 4.59. The lowest BCUT2D eigenvalue weighted by molar-refractivity contribution is -0.706. The van der Waals surface area contributed by atoms with E-state index in [4.69, 9.17) is 19.9 Å². The molecular weight excluding hydrogens is 725 g/mol. The van der Waals surface area contributed by atoms with E-state index in [2.05, 4.69) is 35.6 Å². The molecule has 2 saturated carbocycles. The van der Waals surface area contributed by atoms with Crippen molar-refractivity contribution in [3.8, 4) is 0 Å². The molecule has 16 atom stereocenters. The molecule has 13 heteroatoms. The van der Waals surface area contributed by atoms with Crippen LogP contribution in [0.15, 0.2) is 35.5 Å². The third-order valence-electron chi connectivity index (χ3n) is 15.6. The molecule has 0 aromatic carbocycles. The Labute approximate surface area is 326 Å². The standard InChI is InChI=1S/C41H56N4O7S2/c1-5-20(2)39(49)52-40(3)11-10-22-19-53-54-31-14-26-28(46)8-7-27-35(37(26)43-4)38(31)45(27)33(47)13-24-18-44-32(42)15-25(24)36(22)41(40)17-23-12-21-6-9-34(48)50-29(21)16-30(23)51-41/h5,7-8,10,21,23-27,29-32,35-38,43-44H,6,9,11-19,42H2,1-4H3/p+2. The average molecular weight is 783 g/mol. The van der Waals surface area contributed by atoms with Crippen molar-refractivity contribution in [1.82, 2.24) is 4.90 Å². The summed E-state index contributed by atoms with van der Waals surface area (Å²) in [6, 6.07) is 0.234. The van der Waals surface area contributed by atoms with Gasteiger partial charge in [-0.25, -0.2) is 4.79 Å². The largest absolute Gasteiger partial charge is 0.462 e. The van der Waals surface area contributed by atoms with Gasteiger partial charge in [0, 0.05) is 60.5 Å². The van der Waals surface area contributed by atoms with Gasteiger partial charge in [0.2, 0.25) is 5.91 Å². The predicted octanol–water partition coefficient (Wildman–Crippen LogP) is 2.01. The molecule has 5 aliphatic heterocycles. The molecular formula is C41H58N4O7S2+2. The number of piperidine rings is 1. The highest BCUT2D eigenvalue weighted by Gasteiger charge is 2.69. The normalized spacial score (nSPS) is 48.4. The number of nitrogens with zero attached hydrogens (tertiary/aromatic N) is 1. The van der Waals surface area contributed by atoms with E-state index in [0.29, 0.717) is 37.2 Å². The Morgan fingerprint density at radius 1 is 1.15 bits per heavy atom. The van der Waals surface area contributed by atoms with E-state index in [1.807, 2.05) is 34.6 Å². The van der Waals surface area contributed by atoms with Gasteiger partial charge in [0.25, 0.3) is 0 Å². The van der Waals surface area contributed by atoms with Gasteiger partial charge in [-0.05, 0) is 70.3 Å². The molecule has 0 aromatic rings. The zero-order valence-corrected chi connectivity index (χ0v) is 33.7. The first-order valence-corrected chi connectivity index (χ1v) is 23.0. The Morgan fingerprint density at radius 3 is 2.78 bits per heavy atom. The van der Waals surface area contributed by atoms with Crippen LogP contribution in [0.2, 0.25) is 0 Å². The van der Waals surface area contributed by atoms with E-state index in [0.717, 1.165) is 44.4 Å². The first kappa shape index (κ1) is 37.4. The van der Waals surface area contributed by atoms with Gasteiger partial charge in [0.15, 0.2) is 5.78 Å². The lowest BCUT2D eigenvalue weighted by atomic mass is 9.56. The molecule has 11 nitrogen and oxygen atoms in total. The minimum Gasteiger partial charge on any atom is -0.462 e. The molecule has 0 radical (unpaired) electrons. The highest BCUT2D eigenvalue weighted by Crippen LogP contribution is 2.62. The SMILES string of the molecule is CC=C(C)C(=O)OC1(C)CC=C2CSSC3CC4C(=O)C=CC5C(C4[NH2+]C)C3N5C(=O)CC3C[NH2+]C(N)CC3C2C12CC1CC3CCC(=O)OC3CC1O2. The van der Waals surface area contributed by atoms with Crippen LogP contribution in [0.4, 0.5) is 0 Å². The molecule has 16 unspecified atom stereocenters. The summed E-state index contributed by atoms with van der Waals surface area (Å²) in [5.74, 6) is 1.40. The number of carbonyl (C=O) groups excluding carboxylic acids is 4. The first-order valence-electron chi connectivity index (χ1n) is 20.6. The first-order chi connectivity index (χ1) is 25.9. The Bertz CT molecular complexity index is 1690. The zero-order chi connectivity index (χ0) is 37.7. The van der Waals surface area contributed by atoms with Gasteiger partial charge in [-0.3, -0.25) is 20.1 Å². The lowest BCUT2D eigenvalue weighted by Crippen LogP contribution is -2.96. The maximum Gasteiger partial charge on any atom is 0.334 e. The fourth-order valence-electron chi connectivity index (χ4n) is 12.8. The van der Waals surface area contributed by atoms with Gasteiger partial charge in [0.1, 0.15) is 29.5 Å². The minimum absolute atomic E-state index is 0.0261. The second-order valence-electron chi connectivity index (χ2n) is 18.1. The number of rotatable bonds is 3. The number of allylic oxidation sites excluding steroid dienone is 2. The summed E-state index contributed by atoms with van der Waals surface area (Å²) in [6.45, 7) is 6.47. The van der Waals surface area contributed by atoms with Crippen LogP contribution >= 0.6 is 21.6 Å². The third kappa shape index (κ3) is 5.83. The van der Waals surface area contributed by atoms with Crippen LogP contribution in [0.3, 0.4) is 0 Å². The number of nitrogens with two attached hydrogens (primary N) is 3. The predicted molar refractivity (Wildman–Crippen MR) is 204 cm³/mol. The van der Waals surface area contributed by atoms with E-state index in [1.54, 1.807) is 19.1 Å². The molecule has 5 saturated heterocycles. The Hall–Kier alpha value is -2.16. The van der Waals surface area contributed by atoms with Gasteiger partial charge in [-0.15, -0.1) is 0 Å². The van der Waals surface area contributed by atoms with E-state index < -0.39 is 11.2 Å². The number of carbonyl (C=O) groups is 4. The second kappa shape index (κ2) is 14.0. The molecule has 4 aliphatic carbocycles. The van der Waals surface area contributed by atoms with Crippen molar-refractivity contribution in [3.05, 3.63) is 35.5 Å². The third-order valence-corrected chi connectivity index (χ3v) is 18.4. The Kier molecular flexibility index (Phi) is 9.73. The highest BCUT2D eigenvalue weighted by atomic mass is 33.1. The van der Waals surface area contributed by atoms with E-state index in [-0.39, 0.29) is 101 Å². The molecule has 6 N–H and O–H groups in total. The van der Waals surface area contributed by atoms with Crippen LogP contribution < -0.4 is 16.4 Å². The summed E-state index contributed by atoms with van der Waals surface area (Å²) in [7, 11) is 5.80. The number of ether oxygens (including phenoxy) is 3. The van der Waals surface area contributed by atoms with Gasteiger partial charge in [0.05, 0.1) is 43.6 Å². The maximum absolute atomic E-state index is 14.8. The monoisotopic (exact) mass is 782 g/mol. The minimum atomic E-state index is -0.969. The van der Waals surface area contributed by atoms with Crippen molar-refractivity contribution < 1.29 is 44.0 Å². The fourth-order valence-corrected chi connectivity index (χ4v) is 15.9. The topological polar surface area (TPSA) is 158 Å². The quantitative estimate of drug-likeness (QED) is 0.168. The van der Waals surface area contributed by atoms with Crippen LogP contribution in [-0.4, -0.2) is 101 Å². The molecule has 1 spiro atoms. The number of esters is 2. The second-order valence-corrected chi connectivity index (χ2v) is 20.7. The van der Waals surface area contributed by atoms with Crippen LogP contribution in [0.5, 0.6) is 0 Å². The van der Waals surface area contributed by atoms with Gasteiger partial charge < -0.3 is 29.7 Å². The number of fused-ring (bicyclic) bond motifs is 8. The molecule has 7 fully saturated rings. The van der Waals surface area contributed by atoms with Gasteiger partial charge in [-0.1, -0.05) is 45.4 Å². The summed E-state index contributed by atoms with van der Waals surface area (Å²) >= 11 is 0. The van der Waals surface area contributed by atoms with Crippen molar-refractivity contribution in [3.63, 3.8) is 0 Å². The van der Waals surface area contributed by atoms with E-state index in [1.165, 1.54) is 5.57 Å². The fraction of sp³-hybridized carbons (Fsp3) is 0.756. The zero-order valence-electron chi connectivity index (χ0n) is 32.0. The highest BCUT2D eigenvalue weighted by molar-refractivity contribution is 8.77. The van der Waals surface area contributed by atoms with Crippen molar-refractivity contribution in [2.45, 2.75) is 132 Å². The van der Waals surface area contributed by atoms with Gasteiger partial charge in [-0.2, -0.15) is 0 Å². The van der Waals surface area contributed by atoms with Crippen molar-refractivity contribution in [2.24, 2.45) is 47.2 Å². The average Bonchev–Trinajstić information content (AvgIpc) is 3.50. The number of quaternary nitrogens is 2. The van der Waals surface area contributed by atoms with Crippen molar-refractivity contribution in [1.29, 1.82) is 0 Å². The maximum atomic E-state index is 14.8. The van der Waals surface area contributed by atoms with E-state index in [9.17, 15) is 19.2 Å². The molecule has 2 bridgehead atoms. The van der Waals surface area contributed by atoms with Crippen LogP contribution in [-0.2, 0) is 33.4 Å². The molecule has 1 amide bonds.